The highest BCUT2D eigenvalue weighted by molar-refractivity contribution is 6.21. The summed E-state index contributed by atoms with van der Waals surface area (Å²) in [4.78, 5) is 60.6. The Bertz CT molecular complexity index is 564. The Kier molecular flexibility index (Phi) is 3.03. The first-order valence-corrected chi connectivity index (χ1v) is 6.98. The van der Waals surface area contributed by atoms with Gasteiger partial charge in [-0.3, -0.25) is 34.7 Å². The third kappa shape index (κ3) is 1.93. The second-order valence-corrected chi connectivity index (χ2v) is 5.69. The monoisotopic (exact) mass is 293 g/mol. The molecule has 1 atom stereocenters. The van der Waals surface area contributed by atoms with Gasteiger partial charge in [0.05, 0.1) is 0 Å². The van der Waals surface area contributed by atoms with Crippen LogP contribution in [0.3, 0.4) is 0 Å². The summed E-state index contributed by atoms with van der Waals surface area (Å²) in [5, 5.41) is 4.31. The molecule has 2 aliphatic heterocycles. The Morgan fingerprint density at radius 2 is 1.67 bits per heavy atom. The van der Waals surface area contributed by atoms with E-state index < -0.39 is 41.1 Å². The maximum atomic E-state index is 12.7. The van der Waals surface area contributed by atoms with Crippen LogP contribution in [0, 0.1) is 5.41 Å². The van der Waals surface area contributed by atoms with E-state index in [9.17, 15) is 24.0 Å². The van der Waals surface area contributed by atoms with Crippen LogP contribution in [0.5, 0.6) is 0 Å². The number of nitrogens with one attached hydrogen (secondary N) is 2. The number of urea groups is 1. The van der Waals surface area contributed by atoms with Gasteiger partial charge >= 0.3 is 6.03 Å². The van der Waals surface area contributed by atoms with Crippen LogP contribution in [0.2, 0.25) is 0 Å². The minimum atomic E-state index is -1.23. The standard InChI is InChI=1S/C13H15N3O5/c17-8-4-3-7(9(18)14-8)16-11(20)13(5-1-2-6-13)10(19)15-12(16)21/h7H,1-6H2,(H,14,17,18)(H,15,19,21). The summed E-state index contributed by atoms with van der Waals surface area (Å²) >= 11 is 0. The summed E-state index contributed by atoms with van der Waals surface area (Å²) in [6, 6.07) is -1.90. The zero-order chi connectivity index (χ0) is 15.2. The summed E-state index contributed by atoms with van der Waals surface area (Å²) in [7, 11) is 0. The largest absolute Gasteiger partial charge is 0.331 e. The van der Waals surface area contributed by atoms with Gasteiger partial charge < -0.3 is 0 Å². The van der Waals surface area contributed by atoms with Gasteiger partial charge in [0, 0.05) is 6.42 Å². The molecule has 2 heterocycles. The molecule has 8 nitrogen and oxygen atoms in total. The molecule has 3 fully saturated rings. The van der Waals surface area contributed by atoms with E-state index in [0.29, 0.717) is 12.8 Å². The van der Waals surface area contributed by atoms with Gasteiger partial charge in [0.25, 0.3) is 0 Å². The summed E-state index contributed by atoms with van der Waals surface area (Å²) in [6.45, 7) is 0. The van der Waals surface area contributed by atoms with Crippen molar-refractivity contribution in [3.63, 3.8) is 0 Å². The van der Waals surface area contributed by atoms with Crippen molar-refractivity contribution < 1.29 is 24.0 Å². The van der Waals surface area contributed by atoms with Crippen LogP contribution in [0.1, 0.15) is 38.5 Å². The lowest BCUT2D eigenvalue weighted by Crippen LogP contribution is -2.68. The van der Waals surface area contributed by atoms with Crippen LogP contribution in [0.4, 0.5) is 4.79 Å². The van der Waals surface area contributed by atoms with Gasteiger partial charge in [-0.25, -0.2) is 4.79 Å². The predicted octanol–water partition coefficient (Wildman–Crippen LogP) is -0.570. The van der Waals surface area contributed by atoms with Crippen LogP contribution in [-0.2, 0) is 19.2 Å². The highest BCUT2D eigenvalue weighted by Gasteiger charge is 2.57. The van der Waals surface area contributed by atoms with Gasteiger partial charge in [-0.1, -0.05) is 12.8 Å². The Hall–Kier alpha value is -2.25. The maximum Gasteiger partial charge on any atom is 0.331 e. The first kappa shape index (κ1) is 13.7. The lowest BCUT2D eigenvalue weighted by atomic mass is 9.81. The second-order valence-electron chi connectivity index (χ2n) is 5.69. The second kappa shape index (κ2) is 4.64. The summed E-state index contributed by atoms with van der Waals surface area (Å²) < 4.78 is 0. The van der Waals surface area contributed by atoms with Crippen molar-refractivity contribution in [3.05, 3.63) is 0 Å². The zero-order valence-corrected chi connectivity index (χ0v) is 11.3. The lowest BCUT2D eigenvalue weighted by molar-refractivity contribution is -0.156. The van der Waals surface area contributed by atoms with Crippen molar-refractivity contribution in [2.24, 2.45) is 5.41 Å². The summed E-state index contributed by atoms with van der Waals surface area (Å²) in [6.07, 6.45) is 2.39. The van der Waals surface area contributed by atoms with Crippen molar-refractivity contribution in [1.82, 2.24) is 15.5 Å². The molecule has 0 radical (unpaired) electrons. The van der Waals surface area contributed by atoms with Gasteiger partial charge in [0.1, 0.15) is 11.5 Å². The molecule has 0 aromatic heterocycles. The van der Waals surface area contributed by atoms with Crippen LogP contribution < -0.4 is 10.6 Å². The normalized spacial score (nSPS) is 28.9. The molecule has 1 aliphatic carbocycles. The minimum Gasteiger partial charge on any atom is -0.295 e. The fraction of sp³-hybridized carbons (Fsp3) is 0.615. The average Bonchev–Trinajstić information content (AvgIpc) is 2.90. The van der Waals surface area contributed by atoms with Crippen molar-refractivity contribution >= 4 is 29.7 Å². The van der Waals surface area contributed by atoms with Crippen molar-refractivity contribution in [2.45, 2.75) is 44.6 Å². The van der Waals surface area contributed by atoms with E-state index in [1.807, 2.05) is 0 Å². The van der Waals surface area contributed by atoms with E-state index in [4.69, 9.17) is 0 Å². The topological polar surface area (TPSA) is 113 Å². The fourth-order valence-electron chi connectivity index (χ4n) is 3.33. The molecular weight excluding hydrogens is 278 g/mol. The van der Waals surface area contributed by atoms with E-state index in [0.717, 1.165) is 17.7 Å². The number of piperidine rings is 1. The van der Waals surface area contributed by atoms with Crippen molar-refractivity contribution in [1.29, 1.82) is 0 Å². The minimum absolute atomic E-state index is 0.0639. The molecule has 1 saturated carbocycles. The SMILES string of the molecule is O=C1CCC(N2C(=O)NC(=O)C3(CCCC3)C2=O)C(=O)N1. The van der Waals surface area contributed by atoms with Crippen LogP contribution >= 0.6 is 0 Å². The molecule has 3 aliphatic rings. The molecule has 0 bridgehead atoms. The quantitative estimate of drug-likeness (QED) is 0.496. The molecule has 0 aromatic rings. The van der Waals surface area contributed by atoms with Crippen LogP contribution in [-0.4, -0.2) is 40.6 Å². The van der Waals surface area contributed by atoms with Gasteiger partial charge in [0.15, 0.2) is 0 Å². The van der Waals surface area contributed by atoms with Gasteiger partial charge in [0.2, 0.25) is 23.6 Å². The summed E-state index contributed by atoms with van der Waals surface area (Å²) in [5.41, 5.74) is -1.23. The zero-order valence-electron chi connectivity index (χ0n) is 11.3. The molecule has 112 valence electrons. The highest BCUT2D eigenvalue weighted by atomic mass is 16.2. The first-order chi connectivity index (χ1) is 9.95. The van der Waals surface area contributed by atoms with Gasteiger partial charge in [-0.05, 0) is 19.3 Å². The van der Waals surface area contributed by atoms with Gasteiger partial charge in [-0.15, -0.1) is 0 Å². The Morgan fingerprint density at radius 3 is 2.29 bits per heavy atom. The molecule has 1 spiro atoms. The number of carbonyl (C=O) groups is 5. The maximum absolute atomic E-state index is 12.7. The van der Waals surface area contributed by atoms with Gasteiger partial charge in [-0.2, -0.15) is 0 Å². The third-order valence-electron chi connectivity index (χ3n) is 4.48. The van der Waals surface area contributed by atoms with E-state index in [1.54, 1.807) is 0 Å². The predicted molar refractivity (Wildman–Crippen MR) is 67.5 cm³/mol. The third-order valence-corrected chi connectivity index (χ3v) is 4.48. The first-order valence-electron chi connectivity index (χ1n) is 6.98. The molecular formula is C13H15N3O5. The number of hydrogen-bond donors (Lipinski definition) is 2. The number of imide groups is 3. The molecule has 21 heavy (non-hydrogen) atoms. The number of amides is 6. The van der Waals surface area contributed by atoms with Crippen molar-refractivity contribution in [2.75, 3.05) is 0 Å². The van der Waals surface area contributed by atoms with Crippen molar-refractivity contribution in [3.8, 4) is 0 Å². The number of hydrogen-bond acceptors (Lipinski definition) is 5. The van der Waals surface area contributed by atoms with Crippen LogP contribution in [0.15, 0.2) is 0 Å². The number of barbiturate groups is 1. The number of rotatable bonds is 1. The molecule has 2 N–H and O–H groups in total. The van der Waals surface area contributed by atoms with E-state index in [1.165, 1.54) is 0 Å². The Labute approximate surface area is 120 Å². The molecule has 3 rings (SSSR count). The van der Waals surface area contributed by atoms with E-state index in [-0.39, 0.29) is 12.8 Å². The number of nitrogens with zero attached hydrogens (tertiary/aromatic N) is 1. The molecule has 8 heteroatoms. The molecule has 1 unspecified atom stereocenters. The number of carbonyl (C=O) groups excluding carboxylic acids is 5. The Morgan fingerprint density at radius 1 is 1.00 bits per heavy atom. The van der Waals surface area contributed by atoms with E-state index >= 15 is 0 Å². The molecule has 0 aromatic carbocycles. The molecule has 6 amide bonds. The Balaban J connectivity index is 1.92. The lowest BCUT2D eigenvalue weighted by Gasteiger charge is -2.40. The summed E-state index contributed by atoms with van der Waals surface area (Å²) in [5.74, 6) is -2.27. The van der Waals surface area contributed by atoms with E-state index in [2.05, 4.69) is 10.6 Å². The van der Waals surface area contributed by atoms with Crippen LogP contribution in [0.25, 0.3) is 0 Å². The average molecular weight is 293 g/mol. The smallest absolute Gasteiger partial charge is 0.295 e. The highest BCUT2D eigenvalue weighted by Crippen LogP contribution is 2.42. The molecule has 2 saturated heterocycles. The fourth-order valence-corrected chi connectivity index (χ4v) is 3.33.